The van der Waals surface area contributed by atoms with E-state index in [0.717, 1.165) is 22.0 Å². The summed E-state index contributed by atoms with van der Waals surface area (Å²) in [6.45, 7) is 5.28. The SMILES string of the molecule is COc1cccc(NC(=O)CN(C)Cc2csc(-c3ccc(C(C)C)cc3)n2)c1. The molecule has 1 amide bonds. The number of likely N-dealkylation sites (N-methyl/N-ethyl adjacent to an activating group) is 1. The van der Waals surface area contributed by atoms with Crippen LogP contribution in [0.3, 0.4) is 0 Å². The van der Waals surface area contributed by atoms with Crippen molar-refractivity contribution in [2.24, 2.45) is 0 Å². The molecule has 0 bridgehead atoms. The maximum absolute atomic E-state index is 12.3. The predicted octanol–water partition coefficient (Wildman–Crippen LogP) is 5.01. The Kier molecular flexibility index (Phi) is 7.01. The van der Waals surface area contributed by atoms with Gasteiger partial charge in [-0.25, -0.2) is 4.98 Å². The number of carbonyl (C=O) groups excluding carboxylic acids is 1. The van der Waals surface area contributed by atoms with Crippen molar-refractivity contribution in [3.05, 3.63) is 65.2 Å². The summed E-state index contributed by atoms with van der Waals surface area (Å²) < 4.78 is 5.18. The van der Waals surface area contributed by atoms with Crippen LogP contribution in [-0.2, 0) is 11.3 Å². The summed E-state index contributed by atoms with van der Waals surface area (Å²) in [7, 11) is 3.52. The molecule has 1 heterocycles. The monoisotopic (exact) mass is 409 g/mol. The Hall–Kier alpha value is -2.70. The lowest BCUT2D eigenvalue weighted by molar-refractivity contribution is -0.117. The zero-order valence-corrected chi connectivity index (χ0v) is 18.1. The van der Waals surface area contributed by atoms with Gasteiger partial charge in [0.05, 0.1) is 19.3 Å². The van der Waals surface area contributed by atoms with E-state index in [0.29, 0.717) is 18.2 Å². The molecule has 2 aromatic carbocycles. The fraction of sp³-hybridized carbons (Fsp3) is 0.304. The van der Waals surface area contributed by atoms with Crippen LogP contribution in [0.2, 0.25) is 0 Å². The summed E-state index contributed by atoms with van der Waals surface area (Å²) in [4.78, 5) is 19.0. The molecule has 6 heteroatoms. The van der Waals surface area contributed by atoms with Crippen molar-refractivity contribution in [1.29, 1.82) is 0 Å². The van der Waals surface area contributed by atoms with Gasteiger partial charge in [-0.05, 0) is 30.7 Å². The molecule has 0 spiro atoms. The number of aromatic nitrogens is 1. The molecule has 5 nitrogen and oxygen atoms in total. The Morgan fingerprint density at radius 3 is 2.66 bits per heavy atom. The minimum atomic E-state index is -0.0690. The van der Waals surface area contributed by atoms with Crippen LogP contribution in [0.15, 0.2) is 53.9 Å². The summed E-state index contributed by atoms with van der Waals surface area (Å²) in [5.41, 5.74) is 4.15. The van der Waals surface area contributed by atoms with E-state index in [4.69, 9.17) is 9.72 Å². The highest BCUT2D eigenvalue weighted by molar-refractivity contribution is 7.13. The number of nitrogens with one attached hydrogen (secondary N) is 1. The Labute approximate surface area is 176 Å². The molecule has 1 aromatic heterocycles. The zero-order chi connectivity index (χ0) is 20.8. The lowest BCUT2D eigenvalue weighted by Crippen LogP contribution is -2.29. The Bertz CT molecular complexity index is 951. The minimum absolute atomic E-state index is 0.0690. The van der Waals surface area contributed by atoms with E-state index < -0.39 is 0 Å². The van der Waals surface area contributed by atoms with Gasteiger partial charge in [0.15, 0.2) is 0 Å². The second-order valence-electron chi connectivity index (χ2n) is 7.37. The molecule has 0 radical (unpaired) electrons. The number of amides is 1. The van der Waals surface area contributed by atoms with Crippen molar-refractivity contribution in [1.82, 2.24) is 9.88 Å². The van der Waals surface area contributed by atoms with Crippen molar-refractivity contribution < 1.29 is 9.53 Å². The van der Waals surface area contributed by atoms with Gasteiger partial charge >= 0.3 is 0 Å². The second kappa shape index (κ2) is 9.67. The van der Waals surface area contributed by atoms with E-state index in [1.165, 1.54) is 5.56 Å². The molecule has 0 saturated carbocycles. The highest BCUT2D eigenvalue weighted by Crippen LogP contribution is 2.26. The largest absolute Gasteiger partial charge is 0.497 e. The number of nitrogens with zero attached hydrogens (tertiary/aromatic N) is 2. The molecule has 0 aliphatic carbocycles. The van der Waals surface area contributed by atoms with Crippen molar-refractivity contribution in [3.63, 3.8) is 0 Å². The number of carbonyl (C=O) groups is 1. The van der Waals surface area contributed by atoms with Crippen LogP contribution in [-0.4, -0.2) is 36.5 Å². The first-order valence-corrected chi connectivity index (χ1v) is 10.5. The summed E-state index contributed by atoms with van der Waals surface area (Å²) in [5, 5.41) is 5.96. The van der Waals surface area contributed by atoms with Gasteiger partial charge in [0, 0.05) is 29.2 Å². The van der Waals surface area contributed by atoms with Gasteiger partial charge in [0.2, 0.25) is 5.91 Å². The standard InChI is InChI=1S/C23H27N3O2S/c1-16(2)17-8-10-18(11-9-17)23-25-20(15-29-23)13-26(3)14-22(27)24-19-6-5-7-21(12-19)28-4/h5-12,15-16H,13-14H2,1-4H3,(H,24,27). The topological polar surface area (TPSA) is 54.5 Å². The number of thiazole rings is 1. The maximum atomic E-state index is 12.3. The fourth-order valence-electron chi connectivity index (χ4n) is 3.00. The van der Waals surface area contributed by atoms with E-state index >= 15 is 0 Å². The second-order valence-corrected chi connectivity index (χ2v) is 8.23. The lowest BCUT2D eigenvalue weighted by Gasteiger charge is -2.15. The Balaban J connectivity index is 1.55. The van der Waals surface area contributed by atoms with Gasteiger partial charge < -0.3 is 10.1 Å². The number of rotatable bonds is 8. The van der Waals surface area contributed by atoms with E-state index in [9.17, 15) is 4.79 Å². The third-order valence-corrected chi connectivity index (χ3v) is 5.52. The molecule has 0 saturated heterocycles. The van der Waals surface area contributed by atoms with Crippen LogP contribution in [0.25, 0.3) is 10.6 Å². The number of methoxy groups -OCH3 is 1. The zero-order valence-electron chi connectivity index (χ0n) is 17.3. The van der Waals surface area contributed by atoms with Crippen LogP contribution in [0.5, 0.6) is 5.75 Å². The molecule has 29 heavy (non-hydrogen) atoms. The predicted molar refractivity (Wildman–Crippen MR) is 120 cm³/mol. The molecule has 152 valence electrons. The summed E-state index contributed by atoms with van der Waals surface area (Å²) in [5.74, 6) is 1.17. The van der Waals surface area contributed by atoms with E-state index in [1.54, 1.807) is 24.5 Å². The van der Waals surface area contributed by atoms with Crippen LogP contribution < -0.4 is 10.1 Å². The first-order valence-electron chi connectivity index (χ1n) is 9.62. The fourth-order valence-corrected chi connectivity index (χ4v) is 3.82. The van der Waals surface area contributed by atoms with Crippen molar-refractivity contribution >= 4 is 22.9 Å². The van der Waals surface area contributed by atoms with Gasteiger partial charge in [-0.1, -0.05) is 44.2 Å². The molecule has 0 aliphatic rings. The van der Waals surface area contributed by atoms with Gasteiger partial charge in [0.25, 0.3) is 0 Å². The first-order chi connectivity index (χ1) is 13.9. The van der Waals surface area contributed by atoms with Gasteiger partial charge in [0.1, 0.15) is 10.8 Å². The average molecular weight is 410 g/mol. The number of ether oxygens (including phenoxy) is 1. The summed E-state index contributed by atoms with van der Waals surface area (Å²) in [6.07, 6.45) is 0. The molecule has 0 aliphatic heterocycles. The van der Waals surface area contributed by atoms with Crippen LogP contribution in [0.1, 0.15) is 31.0 Å². The van der Waals surface area contributed by atoms with Crippen LogP contribution in [0.4, 0.5) is 5.69 Å². The highest BCUT2D eigenvalue weighted by atomic mass is 32.1. The smallest absolute Gasteiger partial charge is 0.238 e. The van der Waals surface area contributed by atoms with Gasteiger partial charge in [-0.2, -0.15) is 0 Å². The molecule has 3 aromatic rings. The molecular weight excluding hydrogens is 382 g/mol. The summed E-state index contributed by atoms with van der Waals surface area (Å²) in [6, 6.07) is 15.9. The molecule has 0 atom stereocenters. The van der Waals surface area contributed by atoms with Crippen molar-refractivity contribution in [3.8, 4) is 16.3 Å². The molecule has 0 fully saturated rings. The van der Waals surface area contributed by atoms with Gasteiger partial charge in [-0.3, -0.25) is 9.69 Å². The van der Waals surface area contributed by atoms with E-state index in [2.05, 4.69) is 48.8 Å². The van der Waals surface area contributed by atoms with Crippen molar-refractivity contribution in [2.75, 3.05) is 26.0 Å². The molecule has 0 unspecified atom stereocenters. The third kappa shape index (κ3) is 5.89. The lowest BCUT2D eigenvalue weighted by atomic mass is 10.0. The van der Waals surface area contributed by atoms with E-state index in [-0.39, 0.29) is 12.5 Å². The summed E-state index contributed by atoms with van der Waals surface area (Å²) >= 11 is 1.63. The Morgan fingerprint density at radius 2 is 1.97 bits per heavy atom. The minimum Gasteiger partial charge on any atom is -0.497 e. The molecule has 1 N–H and O–H groups in total. The highest BCUT2D eigenvalue weighted by Gasteiger charge is 2.11. The van der Waals surface area contributed by atoms with Crippen LogP contribution in [0, 0.1) is 0 Å². The maximum Gasteiger partial charge on any atom is 0.238 e. The van der Waals surface area contributed by atoms with Crippen molar-refractivity contribution in [2.45, 2.75) is 26.3 Å². The van der Waals surface area contributed by atoms with Crippen LogP contribution >= 0.6 is 11.3 Å². The number of hydrogen-bond donors (Lipinski definition) is 1. The molecule has 3 rings (SSSR count). The molecular formula is C23H27N3O2S. The van der Waals surface area contributed by atoms with Gasteiger partial charge in [-0.15, -0.1) is 11.3 Å². The third-order valence-electron chi connectivity index (χ3n) is 4.57. The Morgan fingerprint density at radius 1 is 1.21 bits per heavy atom. The number of hydrogen-bond acceptors (Lipinski definition) is 5. The first kappa shape index (κ1) is 21.0. The number of anilines is 1. The van der Waals surface area contributed by atoms with E-state index in [1.807, 2.05) is 30.1 Å². The number of benzene rings is 2. The average Bonchev–Trinajstić information content (AvgIpc) is 3.16. The quantitative estimate of drug-likeness (QED) is 0.568. The normalized spacial score (nSPS) is 11.1.